The van der Waals surface area contributed by atoms with Crippen LogP contribution in [0.25, 0.3) is 0 Å². The molecule has 1 fully saturated rings. The van der Waals surface area contributed by atoms with E-state index < -0.39 is 0 Å². The fourth-order valence-corrected chi connectivity index (χ4v) is 5.08. The lowest BCUT2D eigenvalue weighted by atomic mass is 9.96. The molecule has 2 aromatic heterocycles. The number of aryl methyl sites for hydroxylation is 2. The summed E-state index contributed by atoms with van der Waals surface area (Å²) in [5.41, 5.74) is 3.49. The number of aromatic nitrogens is 4. The standard InChI is InChI=1S/C23H24N6O2S/c1-14-18-11-19(30)29(12-16-7-4-3-5-8-16)22(18)25-21(24-14)17-9-6-10-28(13-17)23(31)20-15(2)26-27-32-20/h3-5,7-8,17H,6,9-13H2,1-2H3. The number of benzene rings is 1. The third-order valence-corrected chi connectivity index (χ3v) is 7.01. The maximum atomic E-state index is 13.0. The average Bonchev–Trinajstić information content (AvgIpc) is 3.37. The van der Waals surface area contributed by atoms with E-state index in [1.165, 1.54) is 0 Å². The molecule has 2 amide bonds. The molecule has 0 bridgehead atoms. The third kappa shape index (κ3) is 3.77. The van der Waals surface area contributed by atoms with Crippen LogP contribution in [-0.2, 0) is 17.8 Å². The smallest absolute Gasteiger partial charge is 0.267 e. The van der Waals surface area contributed by atoms with Gasteiger partial charge in [0.1, 0.15) is 16.5 Å². The summed E-state index contributed by atoms with van der Waals surface area (Å²) >= 11 is 1.14. The molecule has 2 aliphatic rings. The summed E-state index contributed by atoms with van der Waals surface area (Å²) in [6.07, 6.45) is 2.13. The zero-order chi connectivity index (χ0) is 22.2. The summed E-state index contributed by atoms with van der Waals surface area (Å²) in [5, 5.41) is 3.97. The van der Waals surface area contributed by atoms with Crippen molar-refractivity contribution in [1.29, 1.82) is 0 Å². The molecule has 0 aliphatic carbocycles. The van der Waals surface area contributed by atoms with Crippen LogP contribution in [0.5, 0.6) is 0 Å². The van der Waals surface area contributed by atoms with Gasteiger partial charge in [0.15, 0.2) is 0 Å². The van der Waals surface area contributed by atoms with Crippen LogP contribution in [0, 0.1) is 13.8 Å². The van der Waals surface area contributed by atoms with Crippen molar-refractivity contribution in [2.24, 2.45) is 0 Å². The Kier molecular flexibility index (Phi) is 5.42. The Balaban J connectivity index is 1.41. The second-order valence-electron chi connectivity index (χ2n) is 8.39. The second kappa shape index (κ2) is 8.38. The predicted octanol–water partition coefficient (Wildman–Crippen LogP) is 3.05. The zero-order valence-corrected chi connectivity index (χ0v) is 18.9. The van der Waals surface area contributed by atoms with Crippen molar-refractivity contribution in [2.45, 2.75) is 45.6 Å². The quantitative estimate of drug-likeness (QED) is 0.609. The maximum absolute atomic E-state index is 13.0. The van der Waals surface area contributed by atoms with Crippen LogP contribution in [0.2, 0.25) is 0 Å². The minimum atomic E-state index is -0.0269. The van der Waals surface area contributed by atoms with Gasteiger partial charge in [-0.05, 0) is 43.8 Å². The van der Waals surface area contributed by atoms with E-state index in [1.54, 1.807) is 4.90 Å². The monoisotopic (exact) mass is 448 g/mol. The molecule has 32 heavy (non-hydrogen) atoms. The van der Waals surface area contributed by atoms with Crippen molar-refractivity contribution in [1.82, 2.24) is 24.5 Å². The third-order valence-electron chi connectivity index (χ3n) is 6.20. The van der Waals surface area contributed by atoms with Crippen LogP contribution in [0.3, 0.4) is 0 Å². The molecular formula is C23H24N6O2S. The molecule has 5 rings (SSSR count). The summed E-state index contributed by atoms with van der Waals surface area (Å²) in [6, 6.07) is 9.94. The van der Waals surface area contributed by atoms with Crippen LogP contribution < -0.4 is 4.90 Å². The normalized spacial score (nSPS) is 18.2. The van der Waals surface area contributed by atoms with Crippen LogP contribution in [-0.4, -0.2) is 49.4 Å². The highest BCUT2D eigenvalue weighted by Crippen LogP contribution is 2.34. The molecule has 0 saturated carbocycles. The lowest BCUT2D eigenvalue weighted by Crippen LogP contribution is -2.39. The van der Waals surface area contributed by atoms with Gasteiger partial charge in [-0.2, -0.15) is 0 Å². The second-order valence-corrected chi connectivity index (χ2v) is 9.14. The van der Waals surface area contributed by atoms with Gasteiger partial charge in [0.05, 0.1) is 18.7 Å². The van der Waals surface area contributed by atoms with Crippen molar-refractivity contribution >= 4 is 29.2 Å². The molecule has 2 aliphatic heterocycles. The number of fused-ring (bicyclic) bond motifs is 1. The SMILES string of the molecule is Cc1nnsc1C(=O)N1CCCC(c2nc(C)c3c(n2)N(Cc2ccccc2)C(=O)C3)C1. The Morgan fingerprint density at radius 3 is 2.72 bits per heavy atom. The molecule has 0 N–H and O–H groups in total. The largest absolute Gasteiger partial charge is 0.337 e. The Morgan fingerprint density at radius 1 is 1.16 bits per heavy atom. The first-order chi connectivity index (χ1) is 15.5. The topological polar surface area (TPSA) is 92.2 Å². The molecule has 0 radical (unpaired) electrons. The van der Waals surface area contributed by atoms with Gasteiger partial charge >= 0.3 is 0 Å². The highest BCUT2D eigenvalue weighted by molar-refractivity contribution is 7.07. The minimum absolute atomic E-state index is 0.0269. The Morgan fingerprint density at radius 2 is 1.97 bits per heavy atom. The molecule has 1 aromatic carbocycles. The van der Waals surface area contributed by atoms with Crippen molar-refractivity contribution in [3.8, 4) is 0 Å². The molecule has 4 heterocycles. The molecule has 0 spiro atoms. The first-order valence-electron chi connectivity index (χ1n) is 10.8. The van der Waals surface area contributed by atoms with Gasteiger partial charge in [0.25, 0.3) is 5.91 Å². The Hall–Kier alpha value is -3.20. The lowest BCUT2D eigenvalue weighted by Gasteiger charge is -2.32. The van der Waals surface area contributed by atoms with Gasteiger partial charge in [-0.15, -0.1) is 5.10 Å². The number of hydrogen-bond donors (Lipinski definition) is 0. The summed E-state index contributed by atoms with van der Waals surface area (Å²) in [4.78, 5) is 39.6. The van der Waals surface area contributed by atoms with Crippen molar-refractivity contribution in [2.75, 3.05) is 18.0 Å². The lowest BCUT2D eigenvalue weighted by molar-refractivity contribution is -0.117. The highest BCUT2D eigenvalue weighted by atomic mass is 32.1. The predicted molar refractivity (Wildman–Crippen MR) is 121 cm³/mol. The van der Waals surface area contributed by atoms with E-state index in [9.17, 15) is 9.59 Å². The van der Waals surface area contributed by atoms with Gasteiger partial charge in [-0.3, -0.25) is 14.5 Å². The van der Waals surface area contributed by atoms with Crippen molar-refractivity contribution in [3.05, 3.63) is 63.5 Å². The number of anilines is 1. The number of carbonyl (C=O) groups is 2. The van der Waals surface area contributed by atoms with E-state index >= 15 is 0 Å². The molecular weight excluding hydrogens is 424 g/mol. The number of hydrogen-bond acceptors (Lipinski definition) is 7. The van der Waals surface area contributed by atoms with Gasteiger partial charge in [0.2, 0.25) is 5.91 Å². The first kappa shape index (κ1) is 20.7. The van der Waals surface area contributed by atoms with E-state index in [4.69, 9.17) is 9.97 Å². The van der Waals surface area contributed by atoms with Gasteiger partial charge in [-0.25, -0.2) is 9.97 Å². The number of piperidine rings is 1. The summed E-state index contributed by atoms with van der Waals surface area (Å²) in [5.74, 6) is 1.48. The fourth-order valence-electron chi connectivity index (χ4n) is 4.45. The van der Waals surface area contributed by atoms with Crippen LogP contribution >= 0.6 is 11.5 Å². The average molecular weight is 449 g/mol. The summed E-state index contributed by atoms with van der Waals surface area (Å²) in [7, 11) is 0. The van der Waals surface area contributed by atoms with E-state index in [0.29, 0.717) is 48.3 Å². The molecule has 1 atom stereocenters. The van der Waals surface area contributed by atoms with Crippen molar-refractivity contribution < 1.29 is 9.59 Å². The van der Waals surface area contributed by atoms with Crippen LogP contribution in [0.15, 0.2) is 30.3 Å². The Bertz CT molecular complexity index is 1180. The van der Waals surface area contributed by atoms with E-state index in [-0.39, 0.29) is 17.7 Å². The highest BCUT2D eigenvalue weighted by Gasteiger charge is 2.34. The first-order valence-corrected chi connectivity index (χ1v) is 11.6. The van der Waals surface area contributed by atoms with Gasteiger partial charge < -0.3 is 4.90 Å². The molecule has 8 nitrogen and oxygen atoms in total. The molecule has 3 aromatic rings. The Labute approximate surface area is 190 Å². The van der Waals surface area contributed by atoms with Crippen molar-refractivity contribution in [3.63, 3.8) is 0 Å². The summed E-state index contributed by atoms with van der Waals surface area (Å²) in [6.45, 7) is 5.51. The van der Waals surface area contributed by atoms with E-state index in [1.807, 2.05) is 49.1 Å². The maximum Gasteiger partial charge on any atom is 0.267 e. The number of amides is 2. The number of rotatable bonds is 4. The van der Waals surface area contributed by atoms with Crippen LogP contribution in [0.4, 0.5) is 5.82 Å². The van der Waals surface area contributed by atoms with Crippen LogP contribution in [0.1, 0.15) is 56.8 Å². The van der Waals surface area contributed by atoms with E-state index in [0.717, 1.165) is 41.2 Å². The summed E-state index contributed by atoms with van der Waals surface area (Å²) < 4.78 is 3.90. The molecule has 1 unspecified atom stereocenters. The molecule has 164 valence electrons. The number of likely N-dealkylation sites (tertiary alicyclic amines) is 1. The van der Waals surface area contributed by atoms with E-state index in [2.05, 4.69) is 9.59 Å². The fraction of sp³-hybridized carbons (Fsp3) is 0.391. The zero-order valence-electron chi connectivity index (χ0n) is 18.1. The van der Waals surface area contributed by atoms with Gasteiger partial charge in [0, 0.05) is 30.3 Å². The van der Waals surface area contributed by atoms with Gasteiger partial charge in [-0.1, -0.05) is 34.8 Å². The number of carbonyl (C=O) groups excluding carboxylic acids is 2. The molecule has 1 saturated heterocycles. The minimum Gasteiger partial charge on any atom is -0.337 e. The molecule has 9 heteroatoms. The number of nitrogens with zero attached hydrogens (tertiary/aromatic N) is 6.